The number of hydrogen-bond acceptors (Lipinski definition) is 7. The van der Waals surface area contributed by atoms with Gasteiger partial charge in [-0.15, -0.1) is 5.10 Å². The van der Waals surface area contributed by atoms with Gasteiger partial charge in [0.25, 0.3) is 11.9 Å². The van der Waals surface area contributed by atoms with Gasteiger partial charge in [-0.05, 0) is 35.0 Å². The highest BCUT2D eigenvalue weighted by molar-refractivity contribution is 6.30. The van der Waals surface area contributed by atoms with E-state index in [1.807, 2.05) is 36.4 Å². The highest BCUT2D eigenvalue weighted by atomic mass is 35.5. The Kier molecular flexibility index (Phi) is 5.95. The van der Waals surface area contributed by atoms with Crippen LogP contribution in [0.2, 0.25) is 5.02 Å². The standard InChI is InChI=1S/C17H16ClN7O2/c18-14-7-5-12(6-8-14)11-27-15-4-2-1-3-13(15)9-20-21-16(26)10-25-23-17(19)22-24-25/h1-9H,10-11H2,(H2,19,23)(H,21,26). The first-order chi connectivity index (χ1) is 13.1. The Labute approximate surface area is 159 Å². The maximum absolute atomic E-state index is 11.8. The van der Waals surface area contributed by atoms with Crippen LogP contribution in [0.1, 0.15) is 11.1 Å². The summed E-state index contributed by atoms with van der Waals surface area (Å²) in [6.45, 7) is 0.240. The zero-order valence-corrected chi connectivity index (χ0v) is 14.9. The third-order valence-electron chi connectivity index (χ3n) is 3.37. The van der Waals surface area contributed by atoms with Crippen LogP contribution in [0.15, 0.2) is 53.6 Å². The number of anilines is 1. The zero-order valence-electron chi connectivity index (χ0n) is 14.1. The monoisotopic (exact) mass is 385 g/mol. The van der Waals surface area contributed by atoms with Crippen LogP contribution in [0.3, 0.4) is 0 Å². The Balaban J connectivity index is 1.57. The van der Waals surface area contributed by atoms with Gasteiger partial charge in [-0.1, -0.05) is 41.0 Å². The van der Waals surface area contributed by atoms with E-state index < -0.39 is 5.91 Å². The summed E-state index contributed by atoms with van der Waals surface area (Å²) in [5, 5.41) is 15.4. The zero-order chi connectivity index (χ0) is 19.1. The SMILES string of the molecule is Nc1nnn(CC(=O)NN=Cc2ccccc2OCc2ccc(Cl)cc2)n1. The van der Waals surface area contributed by atoms with Crippen molar-refractivity contribution < 1.29 is 9.53 Å². The van der Waals surface area contributed by atoms with E-state index >= 15 is 0 Å². The Hall–Kier alpha value is -3.46. The fourth-order valence-electron chi connectivity index (χ4n) is 2.12. The van der Waals surface area contributed by atoms with Crippen LogP contribution in [-0.4, -0.2) is 32.3 Å². The number of nitrogens with zero attached hydrogens (tertiary/aromatic N) is 5. The van der Waals surface area contributed by atoms with Gasteiger partial charge < -0.3 is 10.5 Å². The quantitative estimate of drug-likeness (QED) is 0.471. The number of benzene rings is 2. The summed E-state index contributed by atoms with van der Waals surface area (Å²) >= 11 is 5.88. The van der Waals surface area contributed by atoms with Gasteiger partial charge in [-0.25, -0.2) is 5.43 Å². The molecule has 1 heterocycles. The van der Waals surface area contributed by atoms with Gasteiger partial charge in [-0.3, -0.25) is 4.79 Å². The molecule has 0 atom stereocenters. The number of carbonyl (C=O) groups is 1. The number of amides is 1. The number of aromatic nitrogens is 4. The molecule has 1 amide bonds. The molecule has 0 fully saturated rings. The number of carbonyl (C=O) groups excluding carboxylic acids is 1. The van der Waals surface area contributed by atoms with Gasteiger partial charge in [0.15, 0.2) is 0 Å². The van der Waals surface area contributed by atoms with E-state index in [0.717, 1.165) is 15.9 Å². The maximum atomic E-state index is 11.8. The fourth-order valence-corrected chi connectivity index (χ4v) is 2.25. The average Bonchev–Trinajstić information content (AvgIpc) is 3.07. The lowest BCUT2D eigenvalue weighted by Gasteiger charge is -2.09. The van der Waals surface area contributed by atoms with Crippen LogP contribution in [0.4, 0.5) is 5.95 Å². The Bertz CT molecular complexity index is 940. The van der Waals surface area contributed by atoms with Crippen LogP contribution >= 0.6 is 11.6 Å². The summed E-state index contributed by atoms with van der Waals surface area (Å²) in [6.07, 6.45) is 1.50. The summed E-state index contributed by atoms with van der Waals surface area (Å²) in [4.78, 5) is 12.9. The number of rotatable bonds is 7. The molecule has 0 aliphatic carbocycles. The molecule has 0 bridgehead atoms. The van der Waals surface area contributed by atoms with E-state index in [1.54, 1.807) is 12.1 Å². The second-order valence-corrected chi connectivity index (χ2v) is 5.86. The molecule has 0 unspecified atom stereocenters. The number of halogens is 1. The van der Waals surface area contributed by atoms with Crippen molar-refractivity contribution >= 4 is 29.7 Å². The van der Waals surface area contributed by atoms with Gasteiger partial charge in [0.1, 0.15) is 18.9 Å². The highest BCUT2D eigenvalue weighted by Crippen LogP contribution is 2.18. The predicted octanol–water partition coefficient (Wildman–Crippen LogP) is 1.64. The molecule has 27 heavy (non-hydrogen) atoms. The molecule has 0 saturated carbocycles. The minimum Gasteiger partial charge on any atom is -0.488 e. The lowest BCUT2D eigenvalue weighted by Crippen LogP contribution is -2.24. The van der Waals surface area contributed by atoms with Gasteiger partial charge in [0.2, 0.25) is 0 Å². The predicted molar refractivity (Wildman–Crippen MR) is 100 cm³/mol. The molecule has 2 aromatic carbocycles. The van der Waals surface area contributed by atoms with E-state index in [1.165, 1.54) is 6.21 Å². The summed E-state index contributed by atoms with van der Waals surface area (Å²) in [5.74, 6) is 0.220. The molecule has 3 aromatic rings. The fraction of sp³-hybridized carbons (Fsp3) is 0.118. The Morgan fingerprint density at radius 1 is 1.26 bits per heavy atom. The minimum absolute atomic E-state index is 0.00179. The number of nitrogen functional groups attached to an aromatic ring is 1. The molecule has 3 N–H and O–H groups in total. The molecule has 0 aliphatic rings. The Morgan fingerprint density at radius 3 is 2.78 bits per heavy atom. The molecular weight excluding hydrogens is 370 g/mol. The van der Waals surface area contributed by atoms with E-state index in [2.05, 4.69) is 25.9 Å². The molecule has 10 heteroatoms. The molecular formula is C17H16ClN7O2. The van der Waals surface area contributed by atoms with Crippen LogP contribution in [0, 0.1) is 0 Å². The third kappa shape index (κ3) is 5.51. The van der Waals surface area contributed by atoms with Crippen LogP contribution in [-0.2, 0) is 17.9 Å². The maximum Gasteiger partial charge on any atom is 0.263 e. The average molecular weight is 386 g/mol. The molecule has 1 aromatic heterocycles. The van der Waals surface area contributed by atoms with Crippen molar-refractivity contribution in [1.29, 1.82) is 0 Å². The lowest BCUT2D eigenvalue weighted by atomic mass is 10.2. The van der Waals surface area contributed by atoms with E-state index in [9.17, 15) is 4.79 Å². The van der Waals surface area contributed by atoms with Crippen molar-refractivity contribution in [2.75, 3.05) is 5.73 Å². The highest BCUT2D eigenvalue weighted by Gasteiger charge is 2.05. The number of hydrazone groups is 1. The normalized spacial score (nSPS) is 10.9. The first kappa shape index (κ1) is 18.3. The number of nitrogens with one attached hydrogen (secondary N) is 1. The molecule has 138 valence electrons. The summed E-state index contributed by atoms with van der Waals surface area (Å²) in [5.41, 5.74) is 9.43. The second-order valence-electron chi connectivity index (χ2n) is 5.42. The number of nitrogens with two attached hydrogens (primary N) is 1. The number of ether oxygens (including phenoxy) is 1. The molecule has 0 spiro atoms. The van der Waals surface area contributed by atoms with Gasteiger partial charge in [-0.2, -0.15) is 9.90 Å². The topological polar surface area (TPSA) is 120 Å². The first-order valence-electron chi connectivity index (χ1n) is 7.91. The molecule has 0 saturated heterocycles. The van der Waals surface area contributed by atoms with E-state index in [-0.39, 0.29) is 12.5 Å². The van der Waals surface area contributed by atoms with Crippen molar-refractivity contribution in [3.05, 3.63) is 64.7 Å². The lowest BCUT2D eigenvalue weighted by molar-refractivity contribution is -0.122. The van der Waals surface area contributed by atoms with E-state index in [0.29, 0.717) is 17.4 Å². The Morgan fingerprint density at radius 2 is 2.04 bits per heavy atom. The first-order valence-corrected chi connectivity index (χ1v) is 8.29. The van der Waals surface area contributed by atoms with Crippen molar-refractivity contribution in [3.63, 3.8) is 0 Å². The summed E-state index contributed by atoms with van der Waals surface area (Å²) in [7, 11) is 0. The molecule has 0 aliphatic heterocycles. The summed E-state index contributed by atoms with van der Waals surface area (Å²) in [6, 6.07) is 14.7. The summed E-state index contributed by atoms with van der Waals surface area (Å²) < 4.78 is 5.83. The van der Waals surface area contributed by atoms with Crippen molar-refractivity contribution in [2.24, 2.45) is 5.10 Å². The smallest absolute Gasteiger partial charge is 0.263 e. The third-order valence-corrected chi connectivity index (χ3v) is 3.62. The van der Waals surface area contributed by atoms with Crippen molar-refractivity contribution in [1.82, 2.24) is 25.6 Å². The van der Waals surface area contributed by atoms with Crippen molar-refractivity contribution in [3.8, 4) is 5.75 Å². The molecule has 9 nitrogen and oxygen atoms in total. The van der Waals surface area contributed by atoms with Crippen LogP contribution < -0.4 is 15.9 Å². The largest absolute Gasteiger partial charge is 0.488 e. The van der Waals surface area contributed by atoms with Gasteiger partial charge >= 0.3 is 0 Å². The number of hydrogen-bond donors (Lipinski definition) is 2. The van der Waals surface area contributed by atoms with Crippen LogP contribution in [0.5, 0.6) is 5.75 Å². The number of para-hydroxylation sites is 1. The molecule has 3 rings (SSSR count). The van der Waals surface area contributed by atoms with Gasteiger partial charge in [0, 0.05) is 10.6 Å². The van der Waals surface area contributed by atoms with Crippen LogP contribution in [0.25, 0.3) is 0 Å². The molecule has 0 radical (unpaired) electrons. The van der Waals surface area contributed by atoms with E-state index in [4.69, 9.17) is 22.1 Å². The van der Waals surface area contributed by atoms with Crippen molar-refractivity contribution in [2.45, 2.75) is 13.2 Å². The minimum atomic E-state index is -0.414. The second kappa shape index (κ2) is 8.77. The number of tetrazole rings is 1. The van der Waals surface area contributed by atoms with Gasteiger partial charge in [0.05, 0.1) is 6.21 Å².